The van der Waals surface area contributed by atoms with E-state index in [1.165, 1.54) is 0 Å². The smallest absolute Gasteiger partial charge is 0.399 e. The van der Waals surface area contributed by atoms with Crippen LogP contribution in [-0.4, -0.2) is 28.4 Å². The number of nitrogens with zero attached hydrogens (tertiary/aromatic N) is 4. The zero-order valence-corrected chi connectivity index (χ0v) is 29.1. The van der Waals surface area contributed by atoms with Gasteiger partial charge in [0.25, 0.3) is 0 Å². The van der Waals surface area contributed by atoms with Crippen molar-refractivity contribution in [2.75, 3.05) is 0 Å². The van der Waals surface area contributed by atoms with E-state index in [4.69, 9.17) is 25.1 Å². The van der Waals surface area contributed by atoms with Crippen LogP contribution in [-0.2, 0) is 9.31 Å². The highest BCUT2D eigenvalue weighted by Gasteiger charge is 2.51. The number of hydrogen-bond acceptors (Lipinski definition) is 7. The second-order valence-electron chi connectivity index (χ2n) is 12.1. The van der Waals surface area contributed by atoms with E-state index in [9.17, 15) is 5.11 Å². The zero-order chi connectivity index (χ0) is 34.2. The number of aryl methyl sites for hydroxylation is 3. The van der Waals surface area contributed by atoms with E-state index < -0.39 is 6.10 Å². The second-order valence-corrected chi connectivity index (χ2v) is 13.0. The molecule has 2 heterocycles. The van der Waals surface area contributed by atoms with Crippen LogP contribution >= 0.6 is 15.9 Å². The Balaban J connectivity index is 0.000000196. The third-order valence-corrected chi connectivity index (χ3v) is 8.66. The van der Waals surface area contributed by atoms with E-state index in [1.54, 1.807) is 31.5 Å². The summed E-state index contributed by atoms with van der Waals surface area (Å²) in [5.74, 6) is 0. The van der Waals surface area contributed by atoms with Crippen LogP contribution in [0.25, 0.3) is 11.1 Å². The van der Waals surface area contributed by atoms with Crippen molar-refractivity contribution in [2.24, 2.45) is 0 Å². The molecular formula is C37H38BBrN4O3. The van der Waals surface area contributed by atoms with Crippen LogP contribution in [0.2, 0.25) is 0 Å². The van der Waals surface area contributed by atoms with Crippen LogP contribution < -0.4 is 5.46 Å². The topological polar surface area (TPSA) is 123 Å². The van der Waals surface area contributed by atoms with Crippen molar-refractivity contribution in [3.05, 3.63) is 116 Å². The fraction of sp³-hybridized carbons (Fsp3) is 0.297. The highest BCUT2D eigenvalue weighted by atomic mass is 79.9. The number of aliphatic hydroxyl groups is 1. The molecule has 46 heavy (non-hydrogen) atoms. The maximum atomic E-state index is 9.76. The number of halogens is 1. The highest BCUT2D eigenvalue weighted by molar-refractivity contribution is 9.10. The molecule has 0 saturated carbocycles. The minimum absolute atomic E-state index is 0.334. The first-order valence-corrected chi connectivity index (χ1v) is 15.6. The van der Waals surface area contributed by atoms with Gasteiger partial charge in [0.2, 0.25) is 0 Å². The number of rotatable bonds is 3. The van der Waals surface area contributed by atoms with Crippen molar-refractivity contribution in [1.29, 1.82) is 15.8 Å². The van der Waals surface area contributed by atoms with Crippen LogP contribution in [0.3, 0.4) is 0 Å². The second kappa shape index (κ2) is 15.3. The minimum atomic E-state index is -0.543. The molecule has 1 aliphatic rings. The molecular weight excluding hydrogens is 639 g/mol. The monoisotopic (exact) mass is 676 g/mol. The van der Waals surface area contributed by atoms with Gasteiger partial charge in [-0.2, -0.15) is 15.8 Å². The van der Waals surface area contributed by atoms with E-state index in [1.807, 2.05) is 97.0 Å². The molecule has 0 amide bonds. The molecule has 1 aromatic heterocycles. The number of pyridine rings is 1. The average molecular weight is 677 g/mol. The Labute approximate surface area is 281 Å². The van der Waals surface area contributed by atoms with Crippen LogP contribution in [0.5, 0.6) is 0 Å². The molecule has 1 saturated heterocycles. The molecule has 234 valence electrons. The molecule has 4 aromatic rings. The highest BCUT2D eigenvalue weighted by Crippen LogP contribution is 2.36. The summed E-state index contributed by atoms with van der Waals surface area (Å²) in [7, 11) is -0.360. The molecule has 0 bridgehead atoms. The van der Waals surface area contributed by atoms with E-state index in [0.29, 0.717) is 11.1 Å². The van der Waals surface area contributed by atoms with Gasteiger partial charge in [0.15, 0.2) is 0 Å². The maximum absolute atomic E-state index is 9.76. The molecule has 0 aliphatic carbocycles. The lowest BCUT2D eigenvalue weighted by molar-refractivity contribution is 0.00578. The molecule has 1 fully saturated rings. The minimum Gasteiger partial charge on any atom is -0.399 e. The fourth-order valence-electron chi connectivity index (χ4n) is 4.66. The first-order valence-electron chi connectivity index (χ1n) is 14.8. The molecule has 3 aromatic carbocycles. The third kappa shape index (κ3) is 8.70. The lowest BCUT2D eigenvalue weighted by Gasteiger charge is -2.32. The Hall–Kier alpha value is -4.30. The Morgan fingerprint density at radius 2 is 1.26 bits per heavy atom. The van der Waals surface area contributed by atoms with E-state index in [0.717, 1.165) is 48.9 Å². The van der Waals surface area contributed by atoms with Gasteiger partial charge < -0.3 is 14.4 Å². The van der Waals surface area contributed by atoms with Crippen molar-refractivity contribution in [3.8, 4) is 29.3 Å². The number of nitriles is 3. The molecule has 5 rings (SSSR count). The Morgan fingerprint density at radius 1 is 0.761 bits per heavy atom. The lowest BCUT2D eigenvalue weighted by Crippen LogP contribution is -2.41. The summed E-state index contributed by atoms with van der Waals surface area (Å²) in [5.41, 5.74) is 7.99. The van der Waals surface area contributed by atoms with Crippen LogP contribution in [0, 0.1) is 54.8 Å². The lowest BCUT2D eigenvalue weighted by atomic mass is 9.78. The molecule has 7 nitrogen and oxygen atoms in total. The normalized spacial score (nSPS) is 14.7. The molecule has 9 heteroatoms. The molecule has 0 spiro atoms. The summed E-state index contributed by atoms with van der Waals surface area (Å²) >= 11 is 3.32. The number of aliphatic hydroxyl groups excluding tert-OH is 1. The number of hydrogen-bond donors (Lipinski definition) is 1. The molecule has 0 radical (unpaired) electrons. The van der Waals surface area contributed by atoms with Crippen LogP contribution in [0.15, 0.2) is 77.5 Å². The summed E-state index contributed by atoms with van der Waals surface area (Å²) < 4.78 is 13.0. The quantitative estimate of drug-likeness (QED) is 0.220. The molecule has 1 atom stereocenters. The van der Waals surface area contributed by atoms with Gasteiger partial charge in [0.05, 0.1) is 52.2 Å². The Morgan fingerprint density at radius 3 is 1.74 bits per heavy atom. The Bertz CT molecular complexity index is 1820. The zero-order valence-electron chi connectivity index (χ0n) is 27.5. The van der Waals surface area contributed by atoms with Gasteiger partial charge in [-0.1, -0.05) is 40.2 Å². The van der Waals surface area contributed by atoms with Crippen LogP contribution in [0.1, 0.15) is 79.7 Å². The van der Waals surface area contributed by atoms with E-state index in [2.05, 4.69) is 39.1 Å². The fourth-order valence-corrected chi connectivity index (χ4v) is 5.13. The van der Waals surface area contributed by atoms with Gasteiger partial charge in [-0.15, -0.1) is 0 Å². The predicted molar refractivity (Wildman–Crippen MR) is 185 cm³/mol. The first-order chi connectivity index (χ1) is 21.6. The van der Waals surface area contributed by atoms with Crippen molar-refractivity contribution in [1.82, 2.24) is 4.98 Å². The Kier molecular flexibility index (Phi) is 12.1. The average Bonchev–Trinajstić information content (AvgIpc) is 3.23. The SMILES string of the molecule is Cc1cc(-c2cnccc2C(C)O)ccc1C#N.Cc1cc(B2OC(C)(C)C(C)(C)O2)ccc1C#N.Cc1cc(Br)ccc1C#N. The van der Waals surface area contributed by atoms with Crippen molar-refractivity contribution >= 4 is 28.5 Å². The summed E-state index contributed by atoms with van der Waals surface area (Å²) in [4.78, 5) is 4.10. The van der Waals surface area contributed by atoms with Crippen LogP contribution in [0.4, 0.5) is 0 Å². The first kappa shape index (κ1) is 36.2. The summed E-state index contributed by atoms with van der Waals surface area (Å²) in [5, 5.41) is 36.1. The standard InChI is InChI=1S/C15H14N2O.C14H18BNO2.C8H6BrN/c1-10-7-12(3-4-13(10)8-16)15-9-17-6-5-14(15)11(2)18;1-10-8-12(7-6-11(10)9-16)15-17-13(2,3)14(4,5)18-15;1-6-4-8(9)3-2-7(6)5-10/h3-7,9,11,18H,1-2H3;6-8H,1-5H3;2-4H,1H3. The van der Waals surface area contributed by atoms with Gasteiger partial charge in [-0.05, 0) is 125 Å². The summed E-state index contributed by atoms with van der Waals surface area (Å²) in [6.45, 7) is 15.6. The van der Waals surface area contributed by atoms with Crippen molar-refractivity contribution in [2.45, 2.75) is 72.7 Å². The van der Waals surface area contributed by atoms with Gasteiger partial charge in [0, 0.05) is 22.4 Å². The van der Waals surface area contributed by atoms with Crippen molar-refractivity contribution in [3.63, 3.8) is 0 Å². The van der Waals surface area contributed by atoms with E-state index >= 15 is 0 Å². The van der Waals surface area contributed by atoms with E-state index in [-0.39, 0.29) is 18.3 Å². The number of benzene rings is 3. The molecule has 1 N–H and O–H groups in total. The third-order valence-electron chi connectivity index (χ3n) is 8.17. The van der Waals surface area contributed by atoms with Crippen molar-refractivity contribution < 1.29 is 14.4 Å². The largest absolute Gasteiger partial charge is 0.494 e. The number of aromatic nitrogens is 1. The van der Waals surface area contributed by atoms with Gasteiger partial charge in [-0.25, -0.2) is 0 Å². The summed E-state index contributed by atoms with van der Waals surface area (Å²) in [6, 6.07) is 25.1. The van der Waals surface area contributed by atoms with Gasteiger partial charge in [-0.3, -0.25) is 4.98 Å². The van der Waals surface area contributed by atoms with Gasteiger partial charge >= 0.3 is 7.12 Å². The van der Waals surface area contributed by atoms with Gasteiger partial charge in [0.1, 0.15) is 0 Å². The predicted octanol–water partition coefficient (Wildman–Crippen LogP) is 7.78. The molecule has 1 aliphatic heterocycles. The summed E-state index contributed by atoms with van der Waals surface area (Å²) in [6.07, 6.45) is 2.87. The maximum Gasteiger partial charge on any atom is 0.494 e. The molecule has 1 unspecified atom stereocenters.